The van der Waals surface area contributed by atoms with Gasteiger partial charge in [-0.3, -0.25) is 0 Å². The lowest BCUT2D eigenvalue weighted by molar-refractivity contribution is -0.905. The maximum absolute atomic E-state index is 10.8. The highest BCUT2D eigenvalue weighted by atomic mass is 28.3. The third-order valence-corrected chi connectivity index (χ3v) is 4.02. The van der Waals surface area contributed by atoms with E-state index in [0.717, 1.165) is 12.5 Å². The molecule has 0 aromatic rings. The van der Waals surface area contributed by atoms with Crippen molar-refractivity contribution in [3.63, 3.8) is 0 Å². The Morgan fingerprint density at radius 1 is 1.45 bits per heavy atom. The van der Waals surface area contributed by atoms with Gasteiger partial charge < -0.3 is 29.3 Å². The first-order chi connectivity index (χ1) is 9.29. The fraction of sp³-hybridized carbons (Fsp3) is 0.917. The van der Waals surface area contributed by atoms with E-state index < -0.39 is 21.1 Å². The van der Waals surface area contributed by atoms with Crippen molar-refractivity contribution in [2.45, 2.75) is 25.1 Å². The van der Waals surface area contributed by atoms with Crippen LogP contribution >= 0.6 is 0 Å². The van der Waals surface area contributed by atoms with Crippen molar-refractivity contribution in [2.75, 3.05) is 46.5 Å². The van der Waals surface area contributed by atoms with Gasteiger partial charge >= 0.3 is 5.97 Å². The molecule has 0 amide bonds. The van der Waals surface area contributed by atoms with Gasteiger partial charge in [0, 0.05) is 6.61 Å². The minimum atomic E-state index is -1.22. The number of aliphatic hydroxyl groups excluding tert-OH is 2. The van der Waals surface area contributed by atoms with Gasteiger partial charge in [-0.15, -0.1) is 0 Å². The van der Waals surface area contributed by atoms with E-state index in [9.17, 15) is 14.7 Å². The number of likely N-dealkylation sites (N-methyl/N-ethyl adjacent to an activating group) is 1. The quantitative estimate of drug-likeness (QED) is 0.207. The summed E-state index contributed by atoms with van der Waals surface area (Å²) in [4.78, 5) is 20.0. The predicted molar refractivity (Wildman–Crippen MR) is 75.6 cm³/mol. The first kappa shape index (κ1) is 19.5. The molecule has 2 atom stereocenters. The summed E-state index contributed by atoms with van der Waals surface area (Å²) < 4.78 is 5.37. The predicted octanol–water partition coefficient (Wildman–Crippen LogP) is -1.11. The lowest BCUT2D eigenvalue weighted by Gasteiger charge is -2.34. The molecule has 0 bridgehead atoms. The van der Waals surface area contributed by atoms with Gasteiger partial charge in [0.2, 0.25) is 9.04 Å². The summed E-state index contributed by atoms with van der Waals surface area (Å²) >= 11 is 0. The van der Waals surface area contributed by atoms with Crippen molar-refractivity contribution in [3.8, 4) is 0 Å². The number of carboxylic acid groups (broad SMARTS) is 1. The minimum Gasteiger partial charge on any atom is -0.477 e. The van der Waals surface area contributed by atoms with Crippen molar-refractivity contribution in [3.05, 3.63) is 0 Å². The Labute approximate surface area is 121 Å². The van der Waals surface area contributed by atoms with E-state index in [0.29, 0.717) is 6.61 Å². The summed E-state index contributed by atoms with van der Waals surface area (Å²) in [5.74, 6) is -0.963. The molecule has 7 nitrogen and oxygen atoms in total. The van der Waals surface area contributed by atoms with Crippen molar-refractivity contribution in [1.29, 1.82) is 0 Å². The second kappa shape index (κ2) is 10.2. The molecule has 0 spiro atoms. The Hall–Kier alpha value is -0.513. The zero-order valence-corrected chi connectivity index (χ0v) is 13.3. The highest BCUT2D eigenvalue weighted by Crippen LogP contribution is 2.05. The molecule has 2 unspecified atom stereocenters. The first-order valence-corrected chi connectivity index (χ1v) is 8.88. The number of carboxylic acids is 1. The summed E-state index contributed by atoms with van der Waals surface area (Å²) in [5.41, 5.74) is 0. The van der Waals surface area contributed by atoms with E-state index in [2.05, 4.69) is 0 Å². The summed E-state index contributed by atoms with van der Waals surface area (Å²) in [7, 11) is 0.463. The van der Waals surface area contributed by atoms with E-state index >= 15 is 0 Å². The van der Waals surface area contributed by atoms with Crippen LogP contribution in [0.15, 0.2) is 0 Å². The standard InChI is InChI=1S/C12H26NO6Si/c1-13(4-5-14,9-12(16)17)8-11(15)10-19-6-3-7-20(2)18/h11,14-15,18H,3-10H2,1-2H3/p+1. The maximum Gasteiger partial charge on any atom is 0.359 e. The van der Waals surface area contributed by atoms with Gasteiger partial charge in [-0.1, -0.05) is 0 Å². The van der Waals surface area contributed by atoms with Crippen molar-refractivity contribution >= 4 is 15.0 Å². The Morgan fingerprint density at radius 3 is 2.60 bits per heavy atom. The Balaban J connectivity index is 4.00. The van der Waals surface area contributed by atoms with Crippen LogP contribution in [0.1, 0.15) is 6.42 Å². The number of hydrogen-bond donors (Lipinski definition) is 4. The average molecular weight is 309 g/mol. The van der Waals surface area contributed by atoms with Crippen LogP contribution in [0.5, 0.6) is 0 Å². The number of aliphatic carboxylic acids is 1. The van der Waals surface area contributed by atoms with Crippen LogP contribution in [0.25, 0.3) is 0 Å². The van der Waals surface area contributed by atoms with E-state index in [1.54, 1.807) is 7.05 Å². The van der Waals surface area contributed by atoms with E-state index in [1.165, 1.54) is 0 Å². The second-order valence-electron chi connectivity index (χ2n) is 5.37. The van der Waals surface area contributed by atoms with E-state index in [4.69, 9.17) is 14.9 Å². The lowest BCUT2D eigenvalue weighted by atomic mass is 10.2. The largest absolute Gasteiger partial charge is 0.477 e. The van der Waals surface area contributed by atoms with Crippen LogP contribution in [0.3, 0.4) is 0 Å². The van der Waals surface area contributed by atoms with Crippen LogP contribution < -0.4 is 0 Å². The highest BCUT2D eigenvalue weighted by Gasteiger charge is 2.28. The van der Waals surface area contributed by atoms with Crippen LogP contribution in [0.2, 0.25) is 12.6 Å². The third kappa shape index (κ3) is 10.3. The van der Waals surface area contributed by atoms with E-state index in [-0.39, 0.29) is 37.3 Å². The first-order valence-electron chi connectivity index (χ1n) is 6.72. The molecule has 0 aliphatic rings. The monoisotopic (exact) mass is 309 g/mol. The second-order valence-corrected chi connectivity index (χ2v) is 7.34. The molecular formula is C12H27NO6Si+. The van der Waals surface area contributed by atoms with Gasteiger partial charge in [0.1, 0.15) is 19.2 Å². The molecule has 0 heterocycles. The van der Waals surface area contributed by atoms with Gasteiger partial charge in [0.25, 0.3) is 0 Å². The van der Waals surface area contributed by atoms with Crippen LogP contribution in [-0.2, 0) is 9.53 Å². The number of aliphatic hydroxyl groups is 2. The minimum absolute atomic E-state index is 0.0646. The zero-order chi connectivity index (χ0) is 15.6. The zero-order valence-electron chi connectivity index (χ0n) is 12.3. The molecule has 1 radical (unpaired) electrons. The number of nitrogens with zero attached hydrogens (tertiary/aromatic N) is 1. The summed E-state index contributed by atoms with van der Waals surface area (Å²) in [6.07, 6.45) is -0.0160. The summed E-state index contributed by atoms with van der Waals surface area (Å²) in [6.45, 7) is 2.63. The van der Waals surface area contributed by atoms with Crippen molar-refractivity contribution in [1.82, 2.24) is 0 Å². The maximum atomic E-state index is 10.8. The highest BCUT2D eigenvalue weighted by molar-refractivity contribution is 6.48. The van der Waals surface area contributed by atoms with Crippen molar-refractivity contribution < 1.29 is 34.1 Å². The fourth-order valence-corrected chi connectivity index (χ4v) is 2.67. The topological polar surface area (TPSA) is 107 Å². The van der Waals surface area contributed by atoms with Gasteiger partial charge in [0.15, 0.2) is 6.54 Å². The molecule has 0 aliphatic heterocycles. The molecule has 0 fully saturated rings. The molecule has 0 aromatic carbocycles. The van der Waals surface area contributed by atoms with Gasteiger partial charge in [-0.25, -0.2) is 4.79 Å². The molecule has 8 heteroatoms. The molecule has 0 rings (SSSR count). The number of quaternary nitrogens is 1. The number of rotatable bonds is 12. The third-order valence-electron chi connectivity index (χ3n) is 2.95. The SMILES string of the molecule is C[Si](O)CCCOCC(O)C[N+](C)(CCO)CC(=O)O. The molecule has 0 saturated carbocycles. The average Bonchev–Trinajstić information content (AvgIpc) is 2.26. The molecule has 119 valence electrons. The summed E-state index contributed by atoms with van der Waals surface area (Å²) in [5, 5.41) is 27.7. The normalized spacial score (nSPS) is 16.1. The Morgan fingerprint density at radius 2 is 2.10 bits per heavy atom. The van der Waals surface area contributed by atoms with Gasteiger partial charge in [-0.2, -0.15) is 0 Å². The van der Waals surface area contributed by atoms with E-state index in [1.807, 2.05) is 6.55 Å². The smallest absolute Gasteiger partial charge is 0.359 e. The summed E-state index contributed by atoms with van der Waals surface area (Å²) in [6, 6.07) is 0.748. The van der Waals surface area contributed by atoms with Crippen LogP contribution in [-0.4, -0.2) is 92.2 Å². The van der Waals surface area contributed by atoms with Crippen LogP contribution in [0, 0.1) is 0 Å². The Bertz CT molecular complexity index is 279. The lowest BCUT2D eigenvalue weighted by Crippen LogP contribution is -2.54. The molecular weight excluding hydrogens is 282 g/mol. The number of ether oxygens (including phenoxy) is 1. The van der Waals surface area contributed by atoms with Crippen LogP contribution in [0.4, 0.5) is 0 Å². The Kier molecular flexibility index (Phi) is 9.99. The molecule has 0 aliphatic carbocycles. The molecule has 0 saturated heterocycles. The fourth-order valence-electron chi connectivity index (χ4n) is 2.01. The number of carbonyl (C=O) groups is 1. The van der Waals surface area contributed by atoms with Gasteiger partial charge in [-0.05, 0) is 19.0 Å². The number of hydrogen-bond acceptors (Lipinski definition) is 5. The van der Waals surface area contributed by atoms with Gasteiger partial charge in [0.05, 0.1) is 20.3 Å². The van der Waals surface area contributed by atoms with Crippen molar-refractivity contribution in [2.24, 2.45) is 0 Å². The molecule has 20 heavy (non-hydrogen) atoms. The molecule has 0 aromatic heterocycles. The molecule has 4 N–H and O–H groups in total.